The lowest BCUT2D eigenvalue weighted by Gasteiger charge is -2.35. The number of halogens is 4. The number of carbonyl (C=O) groups is 2. The summed E-state index contributed by atoms with van der Waals surface area (Å²) in [4.78, 5) is 32.1. The molecule has 0 saturated carbocycles. The molecule has 0 bridgehead atoms. The second-order valence-electron chi connectivity index (χ2n) is 8.91. The van der Waals surface area contributed by atoms with Crippen LogP contribution in [0.3, 0.4) is 0 Å². The Hall–Kier alpha value is -2.81. The van der Waals surface area contributed by atoms with Crippen molar-refractivity contribution in [2.45, 2.75) is 32.4 Å². The van der Waals surface area contributed by atoms with Crippen molar-refractivity contribution in [3.8, 4) is 0 Å². The summed E-state index contributed by atoms with van der Waals surface area (Å²) in [6.07, 6.45) is -3.76. The summed E-state index contributed by atoms with van der Waals surface area (Å²) in [5.41, 5.74) is 0.654. The molecule has 2 amide bonds. The van der Waals surface area contributed by atoms with E-state index in [4.69, 9.17) is 11.6 Å². The number of anilines is 1. The van der Waals surface area contributed by atoms with Crippen molar-refractivity contribution in [3.63, 3.8) is 0 Å². The van der Waals surface area contributed by atoms with E-state index in [-0.39, 0.29) is 34.6 Å². The van der Waals surface area contributed by atoms with Crippen LogP contribution in [0.1, 0.15) is 42.3 Å². The quantitative estimate of drug-likeness (QED) is 0.711. The van der Waals surface area contributed by atoms with Gasteiger partial charge in [0, 0.05) is 37.9 Å². The molecule has 0 radical (unpaired) electrons. The van der Waals surface area contributed by atoms with Crippen LogP contribution >= 0.6 is 11.6 Å². The second-order valence-corrected chi connectivity index (χ2v) is 9.31. The Morgan fingerprint density at radius 1 is 1.03 bits per heavy atom. The van der Waals surface area contributed by atoms with Gasteiger partial charge in [-0.1, -0.05) is 44.5 Å². The van der Waals surface area contributed by atoms with Gasteiger partial charge in [-0.25, -0.2) is 4.98 Å². The minimum Gasteiger partial charge on any atom is -0.352 e. The maximum atomic E-state index is 12.8. The van der Waals surface area contributed by atoms with Crippen LogP contribution < -0.4 is 10.2 Å². The highest BCUT2D eigenvalue weighted by molar-refractivity contribution is 6.33. The van der Waals surface area contributed by atoms with Crippen LogP contribution in [0.25, 0.3) is 0 Å². The number of nitrogens with zero attached hydrogens (tertiary/aromatic N) is 3. The van der Waals surface area contributed by atoms with Crippen molar-refractivity contribution in [3.05, 3.63) is 58.2 Å². The van der Waals surface area contributed by atoms with E-state index in [9.17, 15) is 22.8 Å². The molecule has 1 aromatic carbocycles. The topological polar surface area (TPSA) is 65.5 Å². The first-order valence-electron chi connectivity index (χ1n) is 10.5. The van der Waals surface area contributed by atoms with E-state index >= 15 is 0 Å². The van der Waals surface area contributed by atoms with E-state index in [1.54, 1.807) is 21.9 Å². The molecule has 3 rings (SSSR count). The van der Waals surface area contributed by atoms with Crippen LogP contribution in [-0.4, -0.2) is 54.4 Å². The van der Waals surface area contributed by atoms with Gasteiger partial charge < -0.3 is 15.1 Å². The summed E-state index contributed by atoms with van der Waals surface area (Å²) in [6, 6.07) is 8.12. The molecule has 10 heteroatoms. The Kier molecular flexibility index (Phi) is 7.21. The Morgan fingerprint density at radius 2 is 1.64 bits per heavy atom. The van der Waals surface area contributed by atoms with Gasteiger partial charge in [0.25, 0.3) is 5.91 Å². The van der Waals surface area contributed by atoms with Crippen LogP contribution in [0.15, 0.2) is 36.5 Å². The maximum absolute atomic E-state index is 12.8. The molecule has 0 spiro atoms. The number of hydrogen-bond donors (Lipinski definition) is 1. The van der Waals surface area contributed by atoms with E-state index in [0.29, 0.717) is 31.7 Å². The molecular formula is C23H26ClF3N4O2. The Bertz CT molecular complexity index is 1010. The van der Waals surface area contributed by atoms with Gasteiger partial charge in [0.05, 0.1) is 17.1 Å². The standard InChI is InChI=1S/C23H26ClF3N4O2/c1-22(2,3)16-6-4-15(5-7-16)21(33)29-14-19(32)30-8-10-31(11-9-30)20-18(24)12-17(13-28-20)23(25,26)27/h4-7,12-13H,8-11,14H2,1-3H3,(H,29,33). The molecule has 1 aliphatic rings. The zero-order chi connectivity index (χ0) is 24.4. The predicted molar refractivity (Wildman–Crippen MR) is 121 cm³/mol. The molecule has 0 atom stereocenters. The van der Waals surface area contributed by atoms with Crippen LogP contribution in [0.2, 0.25) is 5.02 Å². The number of nitrogens with one attached hydrogen (secondary N) is 1. The maximum Gasteiger partial charge on any atom is 0.417 e. The first-order chi connectivity index (χ1) is 15.4. The molecule has 1 fully saturated rings. The third kappa shape index (κ3) is 6.16. The van der Waals surface area contributed by atoms with Gasteiger partial charge >= 0.3 is 6.18 Å². The van der Waals surface area contributed by atoms with Crippen molar-refractivity contribution in [1.82, 2.24) is 15.2 Å². The van der Waals surface area contributed by atoms with Crippen molar-refractivity contribution in [1.29, 1.82) is 0 Å². The molecule has 1 saturated heterocycles. The first kappa shape index (κ1) is 24.8. The summed E-state index contributed by atoms with van der Waals surface area (Å²) in [5.74, 6) is -0.312. The highest BCUT2D eigenvalue weighted by atomic mass is 35.5. The van der Waals surface area contributed by atoms with Gasteiger partial charge in [-0.15, -0.1) is 0 Å². The van der Waals surface area contributed by atoms with Crippen molar-refractivity contribution >= 4 is 29.2 Å². The fourth-order valence-electron chi connectivity index (χ4n) is 3.48. The van der Waals surface area contributed by atoms with Crippen molar-refractivity contribution in [2.24, 2.45) is 0 Å². The van der Waals surface area contributed by atoms with Crippen LogP contribution in [0.5, 0.6) is 0 Å². The number of pyridine rings is 1. The van der Waals surface area contributed by atoms with Crippen LogP contribution in [0.4, 0.5) is 19.0 Å². The third-order valence-electron chi connectivity index (χ3n) is 5.49. The van der Waals surface area contributed by atoms with E-state index in [0.717, 1.165) is 17.8 Å². The summed E-state index contributed by atoms with van der Waals surface area (Å²) in [7, 11) is 0. The Balaban J connectivity index is 1.51. The SMILES string of the molecule is CC(C)(C)c1ccc(C(=O)NCC(=O)N2CCN(c3ncc(C(F)(F)F)cc3Cl)CC2)cc1. The zero-order valence-electron chi connectivity index (χ0n) is 18.7. The number of piperazine rings is 1. The van der Waals surface area contributed by atoms with Gasteiger partial charge in [0.2, 0.25) is 5.91 Å². The number of benzene rings is 1. The fraction of sp³-hybridized carbons (Fsp3) is 0.435. The molecule has 1 N–H and O–H groups in total. The van der Waals surface area contributed by atoms with Gasteiger partial charge in [0.15, 0.2) is 0 Å². The molecule has 6 nitrogen and oxygen atoms in total. The molecule has 0 aliphatic carbocycles. The summed E-state index contributed by atoms with van der Waals surface area (Å²) in [6.45, 7) is 7.53. The van der Waals surface area contributed by atoms with E-state index in [1.807, 2.05) is 12.1 Å². The summed E-state index contributed by atoms with van der Waals surface area (Å²) in [5, 5.41) is 2.55. The van der Waals surface area contributed by atoms with Crippen LogP contribution in [-0.2, 0) is 16.4 Å². The number of rotatable bonds is 4. The van der Waals surface area contributed by atoms with Gasteiger partial charge in [-0.05, 0) is 29.2 Å². The highest BCUT2D eigenvalue weighted by Crippen LogP contribution is 2.33. The Labute approximate surface area is 195 Å². The molecule has 2 heterocycles. The minimum absolute atomic E-state index is 0.0206. The molecule has 178 valence electrons. The number of alkyl halides is 3. The lowest BCUT2D eigenvalue weighted by Crippen LogP contribution is -2.51. The minimum atomic E-state index is -4.51. The predicted octanol–water partition coefficient (Wildman–Crippen LogP) is 4.13. The van der Waals surface area contributed by atoms with Crippen LogP contribution in [0, 0.1) is 0 Å². The molecule has 1 aliphatic heterocycles. The van der Waals surface area contributed by atoms with Crippen molar-refractivity contribution in [2.75, 3.05) is 37.6 Å². The average molecular weight is 483 g/mol. The summed E-state index contributed by atoms with van der Waals surface area (Å²) >= 11 is 6.01. The van der Waals surface area contributed by atoms with E-state index in [2.05, 4.69) is 31.1 Å². The third-order valence-corrected chi connectivity index (χ3v) is 5.77. The molecule has 1 aromatic heterocycles. The summed E-state index contributed by atoms with van der Waals surface area (Å²) < 4.78 is 38.4. The lowest BCUT2D eigenvalue weighted by atomic mass is 9.87. The largest absolute Gasteiger partial charge is 0.417 e. The van der Waals surface area contributed by atoms with Gasteiger partial charge in [0.1, 0.15) is 5.82 Å². The first-order valence-corrected chi connectivity index (χ1v) is 10.9. The normalized spacial score (nSPS) is 14.9. The number of amides is 2. The van der Waals surface area contributed by atoms with Gasteiger partial charge in [-0.2, -0.15) is 13.2 Å². The van der Waals surface area contributed by atoms with E-state index in [1.165, 1.54) is 0 Å². The number of aromatic nitrogens is 1. The monoisotopic (exact) mass is 482 g/mol. The van der Waals surface area contributed by atoms with Gasteiger partial charge in [-0.3, -0.25) is 9.59 Å². The Morgan fingerprint density at radius 3 is 2.15 bits per heavy atom. The fourth-order valence-corrected chi connectivity index (χ4v) is 3.76. The zero-order valence-corrected chi connectivity index (χ0v) is 19.4. The molecule has 2 aromatic rings. The number of carbonyl (C=O) groups excluding carboxylic acids is 2. The molecule has 33 heavy (non-hydrogen) atoms. The molecular weight excluding hydrogens is 457 g/mol. The number of hydrogen-bond acceptors (Lipinski definition) is 4. The molecule has 0 unspecified atom stereocenters. The highest BCUT2D eigenvalue weighted by Gasteiger charge is 2.32. The second kappa shape index (κ2) is 9.59. The lowest BCUT2D eigenvalue weighted by molar-refractivity contribution is -0.137. The van der Waals surface area contributed by atoms with E-state index < -0.39 is 11.7 Å². The smallest absolute Gasteiger partial charge is 0.352 e. The van der Waals surface area contributed by atoms with Crippen molar-refractivity contribution < 1.29 is 22.8 Å². The average Bonchev–Trinajstić information content (AvgIpc) is 2.76.